The number of carbonyl (C=O) groups excluding carboxylic acids is 1. The molecule has 0 radical (unpaired) electrons. The van der Waals surface area contributed by atoms with Crippen molar-refractivity contribution in [3.05, 3.63) is 21.4 Å². The zero-order chi connectivity index (χ0) is 12.7. The average molecular weight is 264 g/mol. The predicted octanol–water partition coefficient (Wildman–Crippen LogP) is 2.05. The molecule has 0 aromatic carbocycles. The van der Waals surface area contributed by atoms with Crippen molar-refractivity contribution >= 4 is 17.2 Å². The summed E-state index contributed by atoms with van der Waals surface area (Å²) in [7, 11) is 1.91. The minimum absolute atomic E-state index is 0.164. The van der Waals surface area contributed by atoms with Crippen LogP contribution in [0.2, 0.25) is 0 Å². The molecule has 1 fully saturated rings. The molecule has 4 heteroatoms. The molecular weight excluding hydrogens is 244 g/mol. The molecule has 1 aromatic heterocycles. The summed E-state index contributed by atoms with van der Waals surface area (Å²) in [6.45, 7) is 0.581. The Morgan fingerprint density at radius 2 is 2.33 bits per heavy atom. The van der Waals surface area contributed by atoms with E-state index >= 15 is 0 Å². The van der Waals surface area contributed by atoms with Gasteiger partial charge in [-0.1, -0.05) is 0 Å². The lowest BCUT2D eigenvalue weighted by atomic mass is 10.1. The Kier molecular flexibility index (Phi) is 3.16. The summed E-state index contributed by atoms with van der Waals surface area (Å²) < 4.78 is 0. The number of rotatable bonds is 4. The molecule has 1 amide bonds. The largest absolute Gasteiger partial charge is 0.336 e. The van der Waals surface area contributed by atoms with Crippen LogP contribution in [-0.4, -0.2) is 30.4 Å². The minimum atomic E-state index is 0.164. The first kappa shape index (κ1) is 12.2. The smallest absolute Gasteiger partial charge is 0.263 e. The van der Waals surface area contributed by atoms with Gasteiger partial charge in [0.15, 0.2) is 0 Å². The Bertz CT molecular complexity index is 443. The van der Waals surface area contributed by atoms with Gasteiger partial charge >= 0.3 is 0 Å². The van der Waals surface area contributed by atoms with Crippen molar-refractivity contribution in [3.63, 3.8) is 0 Å². The Morgan fingerprint density at radius 3 is 2.94 bits per heavy atom. The summed E-state index contributed by atoms with van der Waals surface area (Å²) >= 11 is 1.69. The second kappa shape index (κ2) is 4.67. The van der Waals surface area contributed by atoms with Gasteiger partial charge in [0.05, 0.1) is 4.88 Å². The van der Waals surface area contributed by atoms with Gasteiger partial charge < -0.3 is 10.6 Å². The van der Waals surface area contributed by atoms with Crippen LogP contribution in [0.25, 0.3) is 0 Å². The second-order valence-electron chi connectivity index (χ2n) is 5.47. The molecule has 3 nitrogen and oxygen atoms in total. The standard InChI is InChI=1S/C14H20N2OS/c1-16(11(8-15)9-5-6-9)14(17)13-7-10-3-2-4-12(10)18-13/h7,9,11H,2-6,8,15H2,1H3. The summed E-state index contributed by atoms with van der Waals surface area (Å²) in [6, 6.07) is 2.33. The van der Waals surface area contributed by atoms with Crippen LogP contribution in [0, 0.1) is 5.92 Å². The molecule has 1 unspecified atom stereocenters. The molecule has 1 saturated carbocycles. The lowest BCUT2D eigenvalue weighted by Gasteiger charge is -2.26. The molecule has 1 aromatic rings. The number of nitrogens with two attached hydrogens (primary N) is 1. The number of likely N-dealkylation sites (N-methyl/N-ethyl adjacent to an activating group) is 1. The first-order valence-electron chi connectivity index (χ1n) is 6.79. The average Bonchev–Trinajstić information content (AvgIpc) is 2.96. The van der Waals surface area contributed by atoms with Crippen molar-refractivity contribution in [2.75, 3.05) is 13.6 Å². The first-order valence-corrected chi connectivity index (χ1v) is 7.61. The van der Waals surface area contributed by atoms with Crippen LogP contribution in [0.1, 0.15) is 39.4 Å². The fraction of sp³-hybridized carbons (Fsp3) is 0.643. The molecule has 2 N–H and O–H groups in total. The summed E-state index contributed by atoms with van der Waals surface area (Å²) in [5.74, 6) is 0.799. The maximum atomic E-state index is 12.5. The van der Waals surface area contributed by atoms with Crippen molar-refractivity contribution in [2.24, 2.45) is 11.7 Å². The van der Waals surface area contributed by atoms with E-state index in [0.29, 0.717) is 12.5 Å². The highest BCUT2D eigenvalue weighted by atomic mass is 32.1. The summed E-state index contributed by atoms with van der Waals surface area (Å²) in [4.78, 5) is 16.7. The topological polar surface area (TPSA) is 46.3 Å². The fourth-order valence-corrected chi connectivity index (χ4v) is 4.14. The van der Waals surface area contributed by atoms with Crippen molar-refractivity contribution in [1.82, 2.24) is 4.90 Å². The van der Waals surface area contributed by atoms with Gasteiger partial charge in [-0.25, -0.2) is 0 Å². The molecule has 18 heavy (non-hydrogen) atoms. The van der Waals surface area contributed by atoms with E-state index in [1.165, 1.54) is 29.7 Å². The third-order valence-electron chi connectivity index (χ3n) is 4.18. The highest BCUT2D eigenvalue weighted by Crippen LogP contribution is 2.36. The van der Waals surface area contributed by atoms with Gasteiger partial charge in [0.25, 0.3) is 5.91 Å². The number of fused-ring (bicyclic) bond motifs is 1. The van der Waals surface area contributed by atoms with E-state index in [4.69, 9.17) is 5.73 Å². The lowest BCUT2D eigenvalue weighted by molar-refractivity contribution is 0.0723. The van der Waals surface area contributed by atoms with E-state index in [1.54, 1.807) is 11.3 Å². The van der Waals surface area contributed by atoms with Crippen molar-refractivity contribution in [1.29, 1.82) is 0 Å². The minimum Gasteiger partial charge on any atom is -0.336 e. The highest BCUT2D eigenvalue weighted by Gasteiger charge is 2.35. The molecule has 0 saturated heterocycles. The van der Waals surface area contributed by atoms with Gasteiger partial charge in [-0.2, -0.15) is 0 Å². The zero-order valence-electron chi connectivity index (χ0n) is 10.8. The van der Waals surface area contributed by atoms with E-state index in [2.05, 4.69) is 6.07 Å². The number of nitrogens with zero attached hydrogens (tertiary/aromatic N) is 1. The molecule has 2 aliphatic rings. The van der Waals surface area contributed by atoms with E-state index in [9.17, 15) is 4.79 Å². The van der Waals surface area contributed by atoms with Crippen LogP contribution in [0.5, 0.6) is 0 Å². The van der Waals surface area contributed by atoms with E-state index in [-0.39, 0.29) is 11.9 Å². The zero-order valence-corrected chi connectivity index (χ0v) is 11.6. The molecule has 3 rings (SSSR count). The van der Waals surface area contributed by atoms with Crippen molar-refractivity contribution in [2.45, 2.75) is 38.1 Å². The molecular formula is C14H20N2OS. The van der Waals surface area contributed by atoms with Crippen molar-refractivity contribution in [3.8, 4) is 0 Å². The third-order valence-corrected chi connectivity index (χ3v) is 5.41. The molecule has 2 aliphatic carbocycles. The predicted molar refractivity (Wildman–Crippen MR) is 74.0 cm³/mol. The van der Waals surface area contributed by atoms with Crippen LogP contribution in [-0.2, 0) is 12.8 Å². The van der Waals surface area contributed by atoms with E-state index in [1.807, 2.05) is 11.9 Å². The monoisotopic (exact) mass is 264 g/mol. The Morgan fingerprint density at radius 1 is 1.56 bits per heavy atom. The Balaban J connectivity index is 1.76. The molecule has 0 aliphatic heterocycles. The Labute approximate surface area is 112 Å². The molecule has 1 atom stereocenters. The number of hydrogen-bond acceptors (Lipinski definition) is 3. The molecule has 1 heterocycles. The quantitative estimate of drug-likeness (QED) is 0.904. The van der Waals surface area contributed by atoms with Crippen molar-refractivity contribution < 1.29 is 4.79 Å². The highest BCUT2D eigenvalue weighted by molar-refractivity contribution is 7.14. The third kappa shape index (κ3) is 2.08. The molecule has 98 valence electrons. The van der Waals surface area contributed by atoms with Gasteiger partial charge in [-0.3, -0.25) is 4.79 Å². The van der Waals surface area contributed by atoms with Crippen LogP contribution < -0.4 is 5.73 Å². The van der Waals surface area contributed by atoms with Gasteiger partial charge in [0.1, 0.15) is 0 Å². The van der Waals surface area contributed by atoms with Gasteiger partial charge in [-0.05, 0) is 49.7 Å². The molecule has 0 bridgehead atoms. The van der Waals surface area contributed by atoms with Crippen LogP contribution in [0.3, 0.4) is 0 Å². The SMILES string of the molecule is CN(C(=O)c1cc2c(s1)CCC2)C(CN)C1CC1. The molecule has 0 spiro atoms. The van der Waals surface area contributed by atoms with Crippen LogP contribution >= 0.6 is 11.3 Å². The maximum absolute atomic E-state index is 12.5. The van der Waals surface area contributed by atoms with Gasteiger partial charge in [0, 0.05) is 24.5 Å². The number of amides is 1. The van der Waals surface area contributed by atoms with Crippen LogP contribution in [0.4, 0.5) is 0 Å². The maximum Gasteiger partial charge on any atom is 0.263 e. The number of aryl methyl sites for hydroxylation is 2. The lowest BCUT2D eigenvalue weighted by Crippen LogP contribution is -2.43. The van der Waals surface area contributed by atoms with Gasteiger partial charge in [-0.15, -0.1) is 11.3 Å². The van der Waals surface area contributed by atoms with E-state index in [0.717, 1.165) is 17.7 Å². The van der Waals surface area contributed by atoms with Gasteiger partial charge in [0.2, 0.25) is 0 Å². The summed E-state index contributed by atoms with van der Waals surface area (Å²) in [5.41, 5.74) is 7.21. The number of carbonyl (C=O) groups is 1. The second-order valence-corrected chi connectivity index (χ2v) is 6.61. The number of thiophene rings is 1. The summed E-state index contributed by atoms with van der Waals surface area (Å²) in [6.07, 6.45) is 5.99. The number of hydrogen-bond donors (Lipinski definition) is 1. The normalized spacial score (nSPS) is 19.7. The fourth-order valence-electron chi connectivity index (χ4n) is 2.91. The van der Waals surface area contributed by atoms with Crippen LogP contribution in [0.15, 0.2) is 6.07 Å². The Hall–Kier alpha value is -0.870. The first-order chi connectivity index (χ1) is 8.70. The van der Waals surface area contributed by atoms with E-state index < -0.39 is 0 Å². The summed E-state index contributed by atoms with van der Waals surface area (Å²) in [5, 5.41) is 0.